The number of fused-ring (bicyclic) bond motifs is 1. The van der Waals surface area contributed by atoms with E-state index in [0.717, 1.165) is 34.6 Å². The molecule has 0 spiro atoms. The molecule has 2 atom stereocenters. The molecule has 1 aromatic heterocycles. The van der Waals surface area contributed by atoms with Crippen molar-refractivity contribution in [1.29, 1.82) is 10.5 Å². The Morgan fingerprint density at radius 2 is 1.82 bits per heavy atom. The van der Waals surface area contributed by atoms with Crippen molar-refractivity contribution >= 4 is 38.5 Å². The largest absolute Gasteiger partial charge is 0.345 e. The average Bonchev–Trinajstić information content (AvgIpc) is 3.49. The summed E-state index contributed by atoms with van der Waals surface area (Å²) in [5, 5.41) is 22.4. The van der Waals surface area contributed by atoms with Crippen molar-refractivity contribution in [3.8, 4) is 12.1 Å². The molecule has 2 heterocycles. The van der Waals surface area contributed by atoms with Crippen LogP contribution in [0.25, 0.3) is 10.2 Å². The summed E-state index contributed by atoms with van der Waals surface area (Å²) >= 11 is 1.57. The summed E-state index contributed by atoms with van der Waals surface area (Å²) in [6.45, 7) is 2.53. The number of para-hydroxylation sites is 1. The van der Waals surface area contributed by atoms with Gasteiger partial charge in [0.1, 0.15) is 17.1 Å². The lowest BCUT2D eigenvalue weighted by molar-refractivity contribution is -0.144. The van der Waals surface area contributed by atoms with E-state index in [1.807, 2.05) is 17.0 Å². The van der Waals surface area contributed by atoms with Crippen LogP contribution < -0.4 is 10.2 Å². The zero-order valence-electron chi connectivity index (χ0n) is 18.4. The molecular weight excluding hydrogens is 436 g/mol. The van der Waals surface area contributed by atoms with Gasteiger partial charge in [0.15, 0.2) is 5.13 Å². The van der Waals surface area contributed by atoms with Crippen molar-refractivity contribution in [2.75, 3.05) is 31.1 Å². The zero-order valence-corrected chi connectivity index (χ0v) is 19.2. The fourth-order valence-electron chi connectivity index (χ4n) is 4.97. The van der Waals surface area contributed by atoms with E-state index >= 15 is 0 Å². The normalized spacial score (nSPS) is 24.1. The SMILES string of the molecule is N#Cc1cccc2sc(N3CCN(C(=O)[C@@H]4CCCC[C@H]4C(=O)NC4(C#N)CC4)CC3)nc12. The van der Waals surface area contributed by atoms with Crippen LogP contribution in [0.3, 0.4) is 0 Å². The minimum absolute atomic E-state index is 0.0624. The first-order valence-corrected chi connectivity index (χ1v) is 12.4. The maximum absolute atomic E-state index is 13.4. The Kier molecular flexibility index (Phi) is 5.67. The van der Waals surface area contributed by atoms with Gasteiger partial charge in [-0.15, -0.1) is 0 Å². The van der Waals surface area contributed by atoms with Crippen LogP contribution in [0, 0.1) is 34.5 Å². The third-order valence-electron chi connectivity index (χ3n) is 7.14. The molecule has 170 valence electrons. The lowest BCUT2D eigenvalue weighted by Crippen LogP contribution is -2.53. The third kappa shape index (κ3) is 4.14. The molecular formula is C24H26N6O2S. The molecule has 0 bridgehead atoms. The van der Waals surface area contributed by atoms with Crippen molar-refractivity contribution in [2.24, 2.45) is 11.8 Å². The van der Waals surface area contributed by atoms with Crippen molar-refractivity contribution in [3.05, 3.63) is 23.8 Å². The van der Waals surface area contributed by atoms with Gasteiger partial charge < -0.3 is 15.1 Å². The molecule has 5 rings (SSSR count). The van der Waals surface area contributed by atoms with Gasteiger partial charge in [0.05, 0.1) is 16.3 Å². The molecule has 0 radical (unpaired) electrons. The summed E-state index contributed by atoms with van der Waals surface area (Å²) in [5.74, 6) is -0.718. The highest BCUT2D eigenvalue weighted by Crippen LogP contribution is 2.38. The van der Waals surface area contributed by atoms with Gasteiger partial charge in [-0.1, -0.05) is 30.2 Å². The second-order valence-electron chi connectivity index (χ2n) is 9.25. The number of amides is 2. The highest BCUT2D eigenvalue weighted by molar-refractivity contribution is 7.22. The molecule has 2 amide bonds. The van der Waals surface area contributed by atoms with Gasteiger partial charge in [0, 0.05) is 38.0 Å². The Labute approximate surface area is 196 Å². The molecule has 33 heavy (non-hydrogen) atoms. The van der Waals surface area contributed by atoms with Crippen LogP contribution in [-0.4, -0.2) is 53.4 Å². The Hall–Kier alpha value is -3.17. The molecule has 3 aliphatic rings. The van der Waals surface area contributed by atoms with Crippen LogP contribution in [0.2, 0.25) is 0 Å². The molecule has 8 nitrogen and oxygen atoms in total. The van der Waals surface area contributed by atoms with Crippen LogP contribution >= 0.6 is 11.3 Å². The van der Waals surface area contributed by atoms with Gasteiger partial charge >= 0.3 is 0 Å². The molecule has 2 saturated carbocycles. The molecule has 1 aromatic carbocycles. The number of anilines is 1. The van der Waals surface area contributed by atoms with Gasteiger partial charge in [-0.2, -0.15) is 10.5 Å². The number of carbonyl (C=O) groups excluding carboxylic acids is 2. The van der Waals surface area contributed by atoms with E-state index in [1.54, 1.807) is 17.4 Å². The van der Waals surface area contributed by atoms with E-state index in [2.05, 4.69) is 27.3 Å². The van der Waals surface area contributed by atoms with E-state index in [-0.39, 0.29) is 23.7 Å². The summed E-state index contributed by atoms with van der Waals surface area (Å²) in [5.41, 5.74) is 0.617. The number of nitriles is 2. The smallest absolute Gasteiger partial charge is 0.226 e. The number of carbonyl (C=O) groups is 2. The standard InChI is InChI=1S/C24H26N6O2S/c25-14-16-4-3-7-19-20(16)27-23(33-19)30-12-10-29(11-13-30)22(32)18-6-2-1-5-17(18)21(31)28-24(15-26)8-9-24/h3-4,7,17-18H,1-2,5-6,8-13H2,(H,28,31)/t17-,18-/m1/s1. The lowest BCUT2D eigenvalue weighted by Gasteiger charge is -2.39. The summed E-state index contributed by atoms with van der Waals surface area (Å²) in [6, 6.07) is 10.0. The number of thiazole rings is 1. The molecule has 1 N–H and O–H groups in total. The number of rotatable bonds is 4. The quantitative estimate of drug-likeness (QED) is 0.748. The highest BCUT2D eigenvalue weighted by Gasteiger charge is 2.47. The first kappa shape index (κ1) is 21.7. The van der Waals surface area contributed by atoms with E-state index in [1.165, 1.54) is 0 Å². The fourth-order valence-corrected chi connectivity index (χ4v) is 6.02. The number of hydrogen-bond donors (Lipinski definition) is 1. The van der Waals surface area contributed by atoms with Crippen molar-refractivity contribution < 1.29 is 9.59 Å². The maximum Gasteiger partial charge on any atom is 0.226 e. The lowest BCUT2D eigenvalue weighted by atomic mass is 9.77. The Bertz CT molecular complexity index is 1170. The van der Waals surface area contributed by atoms with Gasteiger partial charge in [0.25, 0.3) is 0 Å². The Morgan fingerprint density at radius 1 is 1.09 bits per heavy atom. The van der Waals surface area contributed by atoms with Crippen molar-refractivity contribution in [1.82, 2.24) is 15.2 Å². The fraction of sp³-hybridized carbons (Fsp3) is 0.542. The predicted molar refractivity (Wildman–Crippen MR) is 124 cm³/mol. The van der Waals surface area contributed by atoms with Crippen LogP contribution in [0.15, 0.2) is 18.2 Å². The number of hydrogen-bond acceptors (Lipinski definition) is 7. The number of piperazine rings is 1. The third-order valence-corrected chi connectivity index (χ3v) is 8.22. The van der Waals surface area contributed by atoms with Gasteiger partial charge in [-0.25, -0.2) is 4.98 Å². The Balaban J connectivity index is 1.24. The summed E-state index contributed by atoms with van der Waals surface area (Å²) < 4.78 is 0.990. The summed E-state index contributed by atoms with van der Waals surface area (Å²) in [4.78, 5) is 35.1. The van der Waals surface area contributed by atoms with Crippen LogP contribution in [0.1, 0.15) is 44.1 Å². The first-order valence-electron chi connectivity index (χ1n) is 11.6. The Morgan fingerprint density at radius 3 is 2.48 bits per heavy atom. The van der Waals surface area contributed by atoms with Crippen molar-refractivity contribution in [2.45, 2.75) is 44.1 Å². The molecule has 2 aliphatic carbocycles. The van der Waals surface area contributed by atoms with Crippen LogP contribution in [0.4, 0.5) is 5.13 Å². The van der Waals surface area contributed by atoms with E-state index in [0.29, 0.717) is 51.0 Å². The minimum Gasteiger partial charge on any atom is -0.345 e. The second kappa shape index (κ2) is 8.64. The van der Waals surface area contributed by atoms with E-state index in [4.69, 9.17) is 0 Å². The van der Waals surface area contributed by atoms with Crippen LogP contribution in [-0.2, 0) is 9.59 Å². The second-order valence-corrected chi connectivity index (χ2v) is 10.3. The summed E-state index contributed by atoms with van der Waals surface area (Å²) in [7, 11) is 0. The molecule has 1 saturated heterocycles. The van der Waals surface area contributed by atoms with Gasteiger partial charge in [-0.05, 0) is 37.8 Å². The molecule has 3 fully saturated rings. The van der Waals surface area contributed by atoms with Crippen molar-refractivity contribution in [3.63, 3.8) is 0 Å². The van der Waals surface area contributed by atoms with Gasteiger partial charge in [-0.3, -0.25) is 9.59 Å². The number of aromatic nitrogens is 1. The molecule has 1 aliphatic heterocycles. The molecule has 0 unspecified atom stereocenters. The highest BCUT2D eigenvalue weighted by atomic mass is 32.1. The maximum atomic E-state index is 13.4. The number of nitrogens with zero attached hydrogens (tertiary/aromatic N) is 5. The first-order chi connectivity index (χ1) is 16.0. The van der Waals surface area contributed by atoms with E-state index < -0.39 is 5.54 Å². The monoisotopic (exact) mass is 462 g/mol. The zero-order chi connectivity index (χ0) is 23.0. The van der Waals surface area contributed by atoms with Gasteiger partial charge in [0.2, 0.25) is 11.8 Å². The van der Waals surface area contributed by atoms with Crippen LogP contribution in [0.5, 0.6) is 0 Å². The topological polar surface area (TPSA) is 113 Å². The summed E-state index contributed by atoms with van der Waals surface area (Å²) in [6.07, 6.45) is 4.73. The number of nitrogens with one attached hydrogen (secondary N) is 1. The number of benzene rings is 1. The minimum atomic E-state index is -0.698. The molecule has 2 aromatic rings. The van der Waals surface area contributed by atoms with E-state index in [9.17, 15) is 20.1 Å². The average molecular weight is 463 g/mol. The predicted octanol–water partition coefficient (Wildman–Crippen LogP) is 2.80. The molecule has 9 heteroatoms.